The molecular formula is C24H39NO8S. The summed E-state index contributed by atoms with van der Waals surface area (Å²) < 4.78 is 39.2. The highest BCUT2D eigenvalue weighted by atomic mass is 32.2. The van der Waals surface area contributed by atoms with Gasteiger partial charge < -0.3 is 14.6 Å². The number of esters is 1. The average molecular weight is 502 g/mol. The molecule has 1 heterocycles. The van der Waals surface area contributed by atoms with Crippen molar-refractivity contribution in [2.45, 2.75) is 83.4 Å². The second-order valence-electron chi connectivity index (χ2n) is 11.7. The molecule has 9 atom stereocenters. The maximum atomic E-state index is 13.9. The standard InChI is InChI=1S/C24H39NO8S/c1-9-22(4)12-14(26)18-23(5)15(32-34(29)30)10-11-21(2,3)19(23)17(28)20(24(18,6)33-22)31-16(27)13-25(7)8/h9,15,17-20,28H,1,10-13H2,2-8H3,(H,29,30)/t15-,17-,18+,19-,20-,22-,23+,24-/m0/s1. The Morgan fingerprint density at radius 2 is 1.91 bits per heavy atom. The van der Waals surface area contributed by atoms with Gasteiger partial charge in [-0.25, -0.2) is 0 Å². The van der Waals surface area contributed by atoms with E-state index in [-0.39, 0.29) is 18.7 Å². The summed E-state index contributed by atoms with van der Waals surface area (Å²) in [7, 11) is 3.47. The number of ketones is 1. The van der Waals surface area contributed by atoms with Crippen LogP contribution in [0.25, 0.3) is 0 Å². The molecule has 0 bridgehead atoms. The fraction of sp³-hybridized carbons (Fsp3) is 0.833. The third kappa shape index (κ3) is 4.41. The van der Waals surface area contributed by atoms with Gasteiger partial charge in [0.15, 0.2) is 6.10 Å². The van der Waals surface area contributed by atoms with Gasteiger partial charge >= 0.3 is 17.3 Å². The molecule has 10 heteroatoms. The van der Waals surface area contributed by atoms with Crippen molar-refractivity contribution < 1.29 is 37.1 Å². The van der Waals surface area contributed by atoms with E-state index in [2.05, 4.69) is 6.58 Å². The zero-order valence-electron chi connectivity index (χ0n) is 21.2. The quantitative estimate of drug-likeness (QED) is 0.320. The van der Waals surface area contributed by atoms with Gasteiger partial charge in [0.25, 0.3) is 0 Å². The molecule has 2 N–H and O–H groups in total. The van der Waals surface area contributed by atoms with E-state index in [1.807, 2.05) is 20.8 Å². The van der Waals surface area contributed by atoms with Crippen molar-refractivity contribution >= 4 is 23.1 Å². The van der Waals surface area contributed by atoms with Gasteiger partial charge in [-0.15, -0.1) is 6.58 Å². The van der Waals surface area contributed by atoms with Crippen LogP contribution in [0, 0.1) is 22.7 Å². The number of aliphatic hydroxyl groups is 1. The van der Waals surface area contributed by atoms with Crippen LogP contribution in [0.15, 0.2) is 12.7 Å². The van der Waals surface area contributed by atoms with Gasteiger partial charge in [0.2, 0.25) is 0 Å². The topological polar surface area (TPSA) is 123 Å². The Labute approximate surface area is 204 Å². The largest absolute Gasteiger partial charge is 0.456 e. The summed E-state index contributed by atoms with van der Waals surface area (Å²) in [4.78, 5) is 28.3. The number of aliphatic hydroxyl groups excluding tert-OH is 1. The van der Waals surface area contributed by atoms with E-state index in [9.17, 15) is 23.5 Å². The highest BCUT2D eigenvalue weighted by molar-refractivity contribution is 7.74. The first-order chi connectivity index (χ1) is 15.5. The second-order valence-corrected chi connectivity index (χ2v) is 12.3. The summed E-state index contributed by atoms with van der Waals surface area (Å²) in [6.45, 7) is 13.1. The molecule has 1 saturated heterocycles. The zero-order valence-corrected chi connectivity index (χ0v) is 22.0. The molecule has 34 heavy (non-hydrogen) atoms. The van der Waals surface area contributed by atoms with E-state index >= 15 is 0 Å². The molecular weight excluding hydrogens is 462 g/mol. The fourth-order valence-corrected chi connectivity index (χ4v) is 7.76. The molecule has 0 spiro atoms. The summed E-state index contributed by atoms with van der Waals surface area (Å²) >= 11 is -2.56. The highest BCUT2D eigenvalue weighted by Crippen LogP contribution is 2.66. The van der Waals surface area contributed by atoms with Crippen LogP contribution in [-0.4, -0.2) is 80.7 Å². The number of ether oxygens (including phenoxy) is 2. The van der Waals surface area contributed by atoms with Crippen molar-refractivity contribution in [2.24, 2.45) is 22.7 Å². The van der Waals surface area contributed by atoms with Gasteiger partial charge in [-0.05, 0) is 46.2 Å². The van der Waals surface area contributed by atoms with Crippen molar-refractivity contribution in [1.29, 1.82) is 0 Å². The molecule has 0 aromatic heterocycles. The molecule has 2 aliphatic carbocycles. The second kappa shape index (κ2) is 9.05. The summed E-state index contributed by atoms with van der Waals surface area (Å²) in [5, 5.41) is 11.8. The Balaban J connectivity index is 2.22. The van der Waals surface area contributed by atoms with Crippen molar-refractivity contribution in [3.63, 3.8) is 0 Å². The lowest BCUT2D eigenvalue weighted by Gasteiger charge is -2.68. The summed E-state index contributed by atoms with van der Waals surface area (Å²) in [6.07, 6.45) is -0.503. The summed E-state index contributed by atoms with van der Waals surface area (Å²) in [5.41, 5.74) is -3.98. The van der Waals surface area contributed by atoms with Crippen LogP contribution in [0.5, 0.6) is 0 Å². The minimum absolute atomic E-state index is 0.00278. The molecule has 194 valence electrons. The number of carbonyl (C=O) groups excluding carboxylic acids is 2. The molecule has 1 unspecified atom stereocenters. The van der Waals surface area contributed by atoms with Gasteiger partial charge in [-0.1, -0.05) is 26.8 Å². The van der Waals surface area contributed by atoms with Gasteiger partial charge in [0, 0.05) is 17.8 Å². The van der Waals surface area contributed by atoms with E-state index in [1.165, 1.54) is 0 Å². The van der Waals surface area contributed by atoms with Gasteiger partial charge in [-0.2, -0.15) is 4.21 Å². The van der Waals surface area contributed by atoms with Crippen LogP contribution in [0.3, 0.4) is 0 Å². The Bertz CT molecular complexity index is 877. The molecule has 0 aromatic rings. The first kappa shape index (κ1) is 27.4. The predicted molar refractivity (Wildman–Crippen MR) is 126 cm³/mol. The van der Waals surface area contributed by atoms with E-state index < -0.39 is 69.5 Å². The maximum Gasteiger partial charge on any atom is 0.320 e. The molecule has 0 aromatic carbocycles. The van der Waals surface area contributed by atoms with Crippen molar-refractivity contribution in [3.8, 4) is 0 Å². The Kier molecular flexibility index (Phi) is 7.30. The Morgan fingerprint density at radius 3 is 2.44 bits per heavy atom. The van der Waals surface area contributed by atoms with Gasteiger partial charge in [-0.3, -0.25) is 23.2 Å². The van der Waals surface area contributed by atoms with E-state index in [4.69, 9.17) is 13.7 Å². The summed E-state index contributed by atoms with van der Waals surface area (Å²) in [6, 6.07) is 0. The van der Waals surface area contributed by atoms with Crippen LogP contribution in [0.1, 0.15) is 53.9 Å². The normalized spacial score (nSPS) is 44.6. The maximum absolute atomic E-state index is 13.9. The van der Waals surface area contributed by atoms with Crippen molar-refractivity contribution in [3.05, 3.63) is 12.7 Å². The lowest BCUT2D eigenvalue weighted by Crippen LogP contribution is -2.78. The number of rotatable bonds is 6. The van der Waals surface area contributed by atoms with Crippen LogP contribution in [0.2, 0.25) is 0 Å². The molecule has 0 amide bonds. The third-order valence-electron chi connectivity index (χ3n) is 8.30. The Morgan fingerprint density at radius 1 is 1.29 bits per heavy atom. The molecule has 1 aliphatic heterocycles. The number of carbonyl (C=O) groups is 2. The number of likely N-dealkylation sites (N-methyl/N-ethyl adjacent to an activating group) is 1. The number of hydrogen-bond donors (Lipinski definition) is 2. The SMILES string of the molecule is C=C[C@@]1(C)CC(=O)[C@H]2[C@](C)(O1)[C@@H](OC(=O)CN(C)C)[C@@H](O)[C@H]1C(C)(C)CC[C@H](OS(=O)O)[C@@]12C. The van der Waals surface area contributed by atoms with E-state index in [0.717, 1.165) is 0 Å². The van der Waals surface area contributed by atoms with Crippen LogP contribution in [0.4, 0.5) is 0 Å². The van der Waals surface area contributed by atoms with Crippen LogP contribution >= 0.6 is 0 Å². The van der Waals surface area contributed by atoms with E-state index in [0.29, 0.717) is 12.8 Å². The molecule has 3 fully saturated rings. The fourth-order valence-electron chi connectivity index (χ4n) is 7.26. The lowest BCUT2D eigenvalue weighted by atomic mass is 9.41. The molecule has 3 aliphatic rings. The van der Waals surface area contributed by atoms with Crippen molar-refractivity contribution in [2.75, 3.05) is 20.6 Å². The van der Waals surface area contributed by atoms with Crippen LogP contribution < -0.4 is 0 Å². The Hall–Kier alpha value is -1.17. The van der Waals surface area contributed by atoms with Gasteiger partial charge in [0.05, 0.1) is 30.3 Å². The molecule has 9 nitrogen and oxygen atoms in total. The highest BCUT2D eigenvalue weighted by Gasteiger charge is 2.74. The van der Waals surface area contributed by atoms with Crippen molar-refractivity contribution in [1.82, 2.24) is 4.90 Å². The monoisotopic (exact) mass is 501 g/mol. The number of fused-ring (bicyclic) bond motifs is 3. The number of Topliss-reactive ketones (excluding diaryl/α,β-unsaturated/α-hetero) is 1. The zero-order chi connectivity index (χ0) is 25.9. The minimum atomic E-state index is -2.56. The first-order valence-electron chi connectivity index (χ1n) is 11.7. The number of hydrogen-bond acceptors (Lipinski definition) is 8. The average Bonchev–Trinajstić information content (AvgIpc) is 2.65. The van der Waals surface area contributed by atoms with Gasteiger partial charge in [0.1, 0.15) is 11.4 Å². The predicted octanol–water partition coefficient (Wildman–Crippen LogP) is 2.11. The summed E-state index contributed by atoms with van der Waals surface area (Å²) in [5.74, 6) is -2.11. The lowest BCUT2D eigenvalue weighted by molar-refractivity contribution is -0.319. The molecule has 2 saturated carbocycles. The molecule has 3 rings (SSSR count). The minimum Gasteiger partial charge on any atom is -0.456 e. The first-order valence-corrected chi connectivity index (χ1v) is 12.7. The molecule has 0 radical (unpaired) electrons. The number of nitrogens with zero attached hydrogens (tertiary/aromatic N) is 1. The smallest absolute Gasteiger partial charge is 0.320 e. The van der Waals surface area contributed by atoms with E-state index in [1.54, 1.807) is 38.9 Å². The van der Waals surface area contributed by atoms with Crippen LogP contribution in [-0.2, 0) is 34.6 Å². The third-order valence-corrected chi connectivity index (χ3v) is 8.70.